The molecule has 4 heteroatoms. The van der Waals surface area contributed by atoms with Gasteiger partial charge in [0.2, 0.25) is 0 Å². The SMILES string of the molecule is CCC1(CNC(=O)c2ccc(C#N)cn2)CCCC1. The Balaban J connectivity index is 1.95. The molecule has 0 aliphatic heterocycles. The second kappa shape index (κ2) is 5.83. The van der Waals surface area contributed by atoms with Crippen molar-refractivity contribution in [1.29, 1.82) is 5.26 Å². The van der Waals surface area contributed by atoms with Gasteiger partial charge < -0.3 is 5.32 Å². The van der Waals surface area contributed by atoms with Crippen LogP contribution in [0.2, 0.25) is 0 Å². The van der Waals surface area contributed by atoms with E-state index in [1.54, 1.807) is 12.1 Å². The molecule has 1 aromatic heterocycles. The lowest BCUT2D eigenvalue weighted by Gasteiger charge is -2.27. The summed E-state index contributed by atoms with van der Waals surface area (Å²) in [5, 5.41) is 11.7. The van der Waals surface area contributed by atoms with Crippen LogP contribution >= 0.6 is 0 Å². The summed E-state index contributed by atoms with van der Waals surface area (Å²) < 4.78 is 0. The Bertz CT molecular complexity index is 481. The summed E-state index contributed by atoms with van der Waals surface area (Å²) in [6, 6.07) is 5.21. The molecule has 19 heavy (non-hydrogen) atoms. The third-order valence-electron chi connectivity index (χ3n) is 4.16. The zero-order valence-corrected chi connectivity index (χ0v) is 11.3. The van der Waals surface area contributed by atoms with E-state index in [0.717, 1.165) is 13.0 Å². The average molecular weight is 257 g/mol. The highest BCUT2D eigenvalue weighted by molar-refractivity contribution is 5.92. The van der Waals surface area contributed by atoms with Gasteiger partial charge in [-0.2, -0.15) is 5.26 Å². The third kappa shape index (κ3) is 3.11. The molecule has 1 aliphatic rings. The molecule has 2 rings (SSSR count). The van der Waals surface area contributed by atoms with E-state index in [1.807, 2.05) is 6.07 Å². The molecule has 1 N–H and O–H groups in total. The van der Waals surface area contributed by atoms with E-state index in [9.17, 15) is 4.79 Å². The van der Waals surface area contributed by atoms with E-state index < -0.39 is 0 Å². The molecule has 1 aliphatic carbocycles. The first kappa shape index (κ1) is 13.5. The summed E-state index contributed by atoms with van der Waals surface area (Å²) in [7, 11) is 0. The molecule has 0 atom stereocenters. The lowest BCUT2D eigenvalue weighted by atomic mass is 9.83. The molecule has 4 nitrogen and oxygen atoms in total. The minimum Gasteiger partial charge on any atom is -0.350 e. The average Bonchev–Trinajstić information content (AvgIpc) is 2.94. The molecule has 1 amide bonds. The van der Waals surface area contributed by atoms with Crippen molar-refractivity contribution >= 4 is 5.91 Å². The van der Waals surface area contributed by atoms with Gasteiger partial charge in [0, 0.05) is 12.7 Å². The van der Waals surface area contributed by atoms with E-state index >= 15 is 0 Å². The molecule has 0 radical (unpaired) electrons. The number of rotatable bonds is 4. The second-order valence-electron chi connectivity index (χ2n) is 5.29. The molecule has 1 aromatic rings. The fourth-order valence-electron chi connectivity index (χ4n) is 2.73. The zero-order valence-electron chi connectivity index (χ0n) is 11.3. The van der Waals surface area contributed by atoms with Crippen LogP contribution in [0.1, 0.15) is 55.1 Å². The van der Waals surface area contributed by atoms with Crippen LogP contribution in [0.15, 0.2) is 18.3 Å². The minimum atomic E-state index is -0.149. The maximum atomic E-state index is 12.0. The molecule has 0 bridgehead atoms. The molecule has 0 aromatic carbocycles. The summed E-state index contributed by atoms with van der Waals surface area (Å²) in [5.41, 5.74) is 1.13. The van der Waals surface area contributed by atoms with Crippen molar-refractivity contribution in [3.63, 3.8) is 0 Å². The first-order valence-electron chi connectivity index (χ1n) is 6.83. The minimum absolute atomic E-state index is 0.149. The van der Waals surface area contributed by atoms with Gasteiger partial charge in [0.15, 0.2) is 0 Å². The summed E-state index contributed by atoms with van der Waals surface area (Å²) in [4.78, 5) is 16.0. The van der Waals surface area contributed by atoms with Gasteiger partial charge in [-0.05, 0) is 36.8 Å². The summed E-state index contributed by atoms with van der Waals surface area (Å²) in [6.45, 7) is 2.92. The maximum absolute atomic E-state index is 12.0. The van der Waals surface area contributed by atoms with Crippen LogP contribution in [-0.2, 0) is 0 Å². The van der Waals surface area contributed by atoms with Crippen LogP contribution in [0.4, 0.5) is 0 Å². The number of nitrogens with one attached hydrogen (secondary N) is 1. The van der Waals surface area contributed by atoms with Crippen molar-refractivity contribution in [2.45, 2.75) is 39.0 Å². The molecule has 0 saturated heterocycles. The van der Waals surface area contributed by atoms with Gasteiger partial charge in [0.25, 0.3) is 5.91 Å². The van der Waals surface area contributed by atoms with Crippen LogP contribution < -0.4 is 5.32 Å². The molecule has 0 unspecified atom stereocenters. The normalized spacial score (nSPS) is 16.8. The van der Waals surface area contributed by atoms with Crippen molar-refractivity contribution < 1.29 is 4.79 Å². The van der Waals surface area contributed by atoms with E-state index in [1.165, 1.54) is 31.9 Å². The molecule has 1 fully saturated rings. The standard InChI is InChI=1S/C15H19N3O/c1-2-15(7-3-4-8-15)11-18-14(19)13-6-5-12(9-16)10-17-13/h5-6,10H,2-4,7-8,11H2,1H3,(H,18,19). The van der Waals surface area contributed by atoms with Crippen molar-refractivity contribution in [2.24, 2.45) is 5.41 Å². The topological polar surface area (TPSA) is 65.8 Å². The number of pyridine rings is 1. The first-order chi connectivity index (χ1) is 9.19. The first-order valence-corrected chi connectivity index (χ1v) is 6.83. The van der Waals surface area contributed by atoms with Crippen molar-refractivity contribution in [3.8, 4) is 6.07 Å². The Morgan fingerprint density at radius 1 is 1.47 bits per heavy atom. The Labute approximate surface area is 113 Å². The number of aromatic nitrogens is 1. The predicted molar refractivity (Wildman–Crippen MR) is 72.5 cm³/mol. The highest BCUT2D eigenvalue weighted by Gasteiger charge is 2.32. The maximum Gasteiger partial charge on any atom is 0.269 e. The number of carbonyl (C=O) groups is 1. The predicted octanol–water partition coefficient (Wildman–Crippen LogP) is 2.65. The quantitative estimate of drug-likeness (QED) is 0.901. The largest absolute Gasteiger partial charge is 0.350 e. The van der Waals surface area contributed by atoms with Gasteiger partial charge >= 0.3 is 0 Å². The number of carbonyl (C=O) groups excluding carboxylic acids is 1. The van der Waals surface area contributed by atoms with Crippen molar-refractivity contribution in [1.82, 2.24) is 10.3 Å². The van der Waals surface area contributed by atoms with Gasteiger partial charge in [-0.1, -0.05) is 19.8 Å². The molecule has 100 valence electrons. The third-order valence-corrected chi connectivity index (χ3v) is 4.16. The van der Waals surface area contributed by atoms with Crippen LogP contribution in [0.5, 0.6) is 0 Å². The highest BCUT2D eigenvalue weighted by Crippen LogP contribution is 2.40. The van der Waals surface area contributed by atoms with Crippen LogP contribution in [0, 0.1) is 16.7 Å². The molecule has 1 heterocycles. The monoisotopic (exact) mass is 257 g/mol. The van der Waals surface area contributed by atoms with Crippen molar-refractivity contribution in [2.75, 3.05) is 6.54 Å². The number of hydrogen-bond acceptors (Lipinski definition) is 3. The molecule has 0 spiro atoms. The van der Waals surface area contributed by atoms with E-state index in [0.29, 0.717) is 11.3 Å². The summed E-state index contributed by atoms with van der Waals surface area (Å²) >= 11 is 0. The molecular formula is C15H19N3O. The van der Waals surface area contributed by atoms with Gasteiger partial charge in [-0.3, -0.25) is 4.79 Å². The van der Waals surface area contributed by atoms with Crippen LogP contribution in [0.25, 0.3) is 0 Å². The van der Waals surface area contributed by atoms with E-state index in [4.69, 9.17) is 5.26 Å². The Hall–Kier alpha value is -1.89. The lowest BCUT2D eigenvalue weighted by molar-refractivity contribution is 0.0924. The number of nitriles is 1. The van der Waals surface area contributed by atoms with Gasteiger partial charge in [-0.25, -0.2) is 4.98 Å². The Morgan fingerprint density at radius 2 is 2.21 bits per heavy atom. The fraction of sp³-hybridized carbons (Fsp3) is 0.533. The van der Waals surface area contributed by atoms with Gasteiger partial charge in [0.05, 0.1) is 5.56 Å². The van der Waals surface area contributed by atoms with Gasteiger partial charge in [-0.15, -0.1) is 0 Å². The fourth-order valence-corrected chi connectivity index (χ4v) is 2.73. The van der Waals surface area contributed by atoms with Crippen LogP contribution in [0.3, 0.4) is 0 Å². The smallest absolute Gasteiger partial charge is 0.269 e. The summed E-state index contributed by atoms with van der Waals surface area (Å²) in [6.07, 6.45) is 7.46. The lowest BCUT2D eigenvalue weighted by Crippen LogP contribution is -2.35. The van der Waals surface area contributed by atoms with Crippen molar-refractivity contribution in [3.05, 3.63) is 29.6 Å². The zero-order chi connectivity index (χ0) is 13.7. The van der Waals surface area contributed by atoms with E-state index in [-0.39, 0.29) is 11.3 Å². The van der Waals surface area contributed by atoms with E-state index in [2.05, 4.69) is 17.2 Å². The number of hydrogen-bond donors (Lipinski definition) is 1. The molecular weight excluding hydrogens is 238 g/mol. The Kier molecular flexibility index (Phi) is 4.16. The summed E-state index contributed by atoms with van der Waals surface area (Å²) in [5.74, 6) is -0.149. The van der Waals surface area contributed by atoms with Gasteiger partial charge in [0.1, 0.15) is 11.8 Å². The Morgan fingerprint density at radius 3 is 2.74 bits per heavy atom. The second-order valence-corrected chi connectivity index (χ2v) is 5.29. The van der Waals surface area contributed by atoms with Crippen LogP contribution in [-0.4, -0.2) is 17.4 Å². The molecule has 1 saturated carbocycles. The number of nitrogens with zero attached hydrogens (tertiary/aromatic N) is 2. The number of amides is 1. The highest BCUT2D eigenvalue weighted by atomic mass is 16.1.